The van der Waals surface area contributed by atoms with Crippen molar-refractivity contribution in [3.05, 3.63) is 30.3 Å². The van der Waals surface area contributed by atoms with E-state index in [-0.39, 0.29) is 35.7 Å². The standard InChI is InChI=1S/C22H31N3O4/c1-16(2)25-15-17(14-21(25)27)22(28)24-11-8-18(9-12-24)23-20(26)10-13-29-19-6-4-3-5-7-19/h3-7,16-18H,8-15H2,1-2H3,(H,23,26). The van der Waals surface area contributed by atoms with Gasteiger partial charge < -0.3 is 19.9 Å². The average molecular weight is 402 g/mol. The second kappa shape index (κ2) is 9.76. The Kier molecular flexibility index (Phi) is 7.12. The summed E-state index contributed by atoms with van der Waals surface area (Å²) in [6, 6.07) is 9.65. The van der Waals surface area contributed by atoms with Gasteiger partial charge in [-0.05, 0) is 38.8 Å². The highest BCUT2D eigenvalue weighted by Crippen LogP contribution is 2.24. The lowest BCUT2D eigenvalue weighted by Gasteiger charge is -2.34. The molecule has 7 nitrogen and oxygen atoms in total. The molecule has 0 aromatic heterocycles. The predicted octanol–water partition coefficient (Wildman–Crippen LogP) is 1.82. The van der Waals surface area contributed by atoms with Gasteiger partial charge in [0.15, 0.2) is 0 Å². The molecule has 7 heteroatoms. The van der Waals surface area contributed by atoms with E-state index in [0.29, 0.717) is 39.1 Å². The van der Waals surface area contributed by atoms with Crippen LogP contribution in [0.3, 0.4) is 0 Å². The van der Waals surface area contributed by atoms with Gasteiger partial charge in [-0.3, -0.25) is 14.4 Å². The first-order chi connectivity index (χ1) is 13.9. The van der Waals surface area contributed by atoms with Crippen LogP contribution in [0.15, 0.2) is 30.3 Å². The van der Waals surface area contributed by atoms with Crippen molar-refractivity contribution in [2.45, 2.75) is 51.6 Å². The number of benzene rings is 1. The number of carbonyl (C=O) groups excluding carboxylic acids is 3. The van der Waals surface area contributed by atoms with E-state index in [2.05, 4.69) is 5.32 Å². The highest BCUT2D eigenvalue weighted by molar-refractivity contribution is 5.89. The van der Waals surface area contributed by atoms with E-state index < -0.39 is 0 Å². The molecule has 0 saturated carbocycles. The maximum atomic E-state index is 12.8. The van der Waals surface area contributed by atoms with Gasteiger partial charge in [0.2, 0.25) is 17.7 Å². The number of amides is 3. The minimum Gasteiger partial charge on any atom is -0.493 e. The fraction of sp³-hybridized carbons (Fsp3) is 0.591. The maximum Gasteiger partial charge on any atom is 0.227 e. The van der Waals surface area contributed by atoms with Gasteiger partial charge in [0.05, 0.1) is 18.9 Å². The number of likely N-dealkylation sites (tertiary alicyclic amines) is 2. The lowest BCUT2D eigenvalue weighted by Crippen LogP contribution is -2.48. The Bertz CT molecular complexity index is 714. The first kappa shape index (κ1) is 21.1. The molecular formula is C22H31N3O4. The van der Waals surface area contributed by atoms with Crippen LogP contribution >= 0.6 is 0 Å². The van der Waals surface area contributed by atoms with Gasteiger partial charge >= 0.3 is 0 Å². The minimum atomic E-state index is -0.230. The third-order valence-corrected chi connectivity index (χ3v) is 5.64. The Morgan fingerprint density at radius 3 is 2.48 bits per heavy atom. The zero-order valence-electron chi connectivity index (χ0n) is 17.3. The number of hydrogen-bond acceptors (Lipinski definition) is 4. The Balaban J connectivity index is 1.36. The van der Waals surface area contributed by atoms with Gasteiger partial charge in [0.1, 0.15) is 5.75 Å². The molecule has 1 aromatic carbocycles. The smallest absolute Gasteiger partial charge is 0.227 e. The highest BCUT2D eigenvalue weighted by Gasteiger charge is 2.38. The lowest BCUT2D eigenvalue weighted by atomic mass is 10.0. The van der Waals surface area contributed by atoms with Crippen molar-refractivity contribution >= 4 is 17.7 Å². The van der Waals surface area contributed by atoms with Crippen molar-refractivity contribution < 1.29 is 19.1 Å². The zero-order valence-corrected chi connectivity index (χ0v) is 17.3. The molecule has 1 N–H and O–H groups in total. The van der Waals surface area contributed by atoms with E-state index in [1.54, 1.807) is 4.90 Å². The van der Waals surface area contributed by atoms with Gasteiger partial charge in [-0.2, -0.15) is 0 Å². The first-order valence-electron chi connectivity index (χ1n) is 10.5. The molecule has 1 atom stereocenters. The second-order valence-electron chi connectivity index (χ2n) is 8.12. The molecule has 0 bridgehead atoms. The van der Waals surface area contributed by atoms with E-state index in [4.69, 9.17) is 4.74 Å². The maximum absolute atomic E-state index is 12.8. The summed E-state index contributed by atoms with van der Waals surface area (Å²) in [6.45, 7) is 6.06. The number of nitrogens with zero attached hydrogens (tertiary/aromatic N) is 2. The van der Waals surface area contributed by atoms with Crippen LogP contribution in [0, 0.1) is 5.92 Å². The molecule has 0 aliphatic carbocycles. The first-order valence-corrected chi connectivity index (χ1v) is 10.5. The molecule has 158 valence electrons. The summed E-state index contributed by atoms with van der Waals surface area (Å²) in [7, 11) is 0. The molecule has 2 fully saturated rings. The molecule has 0 radical (unpaired) electrons. The Morgan fingerprint density at radius 2 is 1.86 bits per heavy atom. The average Bonchev–Trinajstić information content (AvgIpc) is 3.11. The monoisotopic (exact) mass is 401 g/mol. The van der Waals surface area contributed by atoms with Gasteiger partial charge in [0, 0.05) is 38.1 Å². The molecule has 0 spiro atoms. The largest absolute Gasteiger partial charge is 0.493 e. The molecule has 2 aliphatic heterocycles. The number of para-hydroxylation sites is 1. The molecule has 1 unspecified atom stereocenters. The summed E-state index contributed by atoms with van der Waals surface area (Å²) in [5, 5.41) is 3.04. The number of piperidine rings is 1. The molecule has 3 amide bonds. The topological polar surface area (TPSA) is 79.0 Å². The zero-order chi connectivity index (χ0) is 20.8. The summed E-state index contributed by atoms with van der Waals surface area (Å²) in [6.07, 6.45) is 2.11. The number of carbonyl (C=O) groups is 3. The number of nitrogens with one attached hydrogen (secondary N) is 1. The molecular weight excluding hydrogens is 370 g/mol. The van der Waals surface area contributed by atoms with Crippen molar-refractivity contribution in [1.29, 1.82) is 0 Å². The Labute approximate surface area is 172 Å². The van der Waals surface area contributed by atoms with E-state index in [9.17, 15) is 14.4 Å². The van der Waals surface area contributed by atoms with E-state index in [1.165, 1.54) is 0 Å². The molecule has 2 aliphatic rings. The van der Waals surface area contributed by atoms with Crippen LogP contribution in [0.4, 0.5) is 0 Å². The van der Waals surface area contributed by atoms with Crippen LogP contribution in [0.5, 0.6) is 5.75 Å². The fourth-order valence-corrected chi connectivity index (χ4v) is 3.98. The highest BCUT2D eigenvalue weighted by atomic mass is 16.5. The van der Waals surface area contributed by atoms with Crippen LogP contribution in [0.25, 0.3) is 0 Å². The van der Waals surface area contributed by atoms with Gasteiger partial charge in [-0.1, -0.05) is 18.2 Å². The third-order valence-electron chi connectivity index (χ3n) is 5.64. The van der Waals surface area contributed by atoms with E-state index >= 15 is 0 Å². The summed E-state index contributed by atoms with van der Waals surface area (Å²) in [5.74, 6) is 0.639. The number of hydrogen-bond donors (Lipinski definition) is 1. The van der Waals surface area contributed by atoms with Gasteiger partial charge in [-0.25, -0.2) is 0 Å². The number of ether oxygens (including phenoxy) is 1. The van der Waals surface area contributed by atoms with Gasteiger partial charge in [-0.15, -0.1) is 0 Å². The van der Waals surface area contributed by atoms with Crippen molar-refractivity contribution in [2.75, 3.05) is 26.2 Å². The summed E-state index contributed by atoms with van der Waals surface area (Å²) < 4.78 is 5.56. The molecule has 1 aromatic rings. The van der Waals surface area contributed by atoms with Crippen LogP contribution in [-0.4, -0.2) is 65.8 Å². The van der Waals surface area contributed by atoms with Gasteiger partial charge in [0.25, 0.3) is 0 Å². The van der Waals surface area contributed by atoms with Crippen molar-refractivity contribution in [3.63, 3.8) is 0 Å². The van der Waals surface area contributed by atoms with Crippen LogP contribution < -0.4 is 10.1 Å². The van der Waals surface area contributed by atoms with Crippen LogP contribution in [-0.2, 0) is 14.4 Å². The van der Waals surface area contributed by atoms with Crippen LogP contribution in [0.2, 0.25) is 0 Å². The second-order valence-corrected chi connectivity index (χ2v) is 8.12. The SMILES string of the molecule is CC(C)N1CC(C(=O)N2CCC(NC(=O)CCOc3ccccc3)CC2)CC1=O. The van der Waals surface area contributed by atoms with Crippen molar-refractivity contribution in [2.24, 2.45) is 5.92 Å². The molecule has 3 rings (SSSR count). The lowest BCUT2D eigenvalue weighted by molar-refractivity contribution is -0.137. The molecule has 2 saturated heterocycles. The molecule has 29 heavy (non-hydrogen) atoms. The van der Waals surface area contributed by atoms with Crippen molar-refractivity contribution in [3.8, 4) is 5.75 Å². The Hall–Kier alpha value is -2.57. The minimum absolute atomic E-state index is 0.0281. The van der Waals surface area contributed by atoms with E-state index in [1.807, 2.05) is 49.1 Å². The summed E-state index contributed by atoms with van der Waals surface area (Å²) in [4.78, 5) is 40.6. The van der Waals surface area contributed by atoms with E-state index in [0.717, 1.165) is 18.6 Å². The number of rotatable bonds is 7. The third kappa shape index (κ3) is 5.71. The summed E-state index contributed by atoms with van der Waals surface area (Å²) in [5.41, 5.74) is 0. The fourth-order valence-electron chi connectivity index (χ4n) is 3.98. The predicted molar refractivity (Wildman–Crippen MR) is 109 cm³/mol. The van der Waals surface area contributed by atoms with Crippen molar-refractivity contribution in [1.82, 2.24) is 15.1 Å². The summed E-state index contributed by atoms with van der Waals surface area (Å²) >= 11 is 0. The quantitative estimate of drug-likeness (QED) is 0.756. The normalized spacial score (nSPS) is 20.2. The molecule has 2 heterocycles. The van der Waals surface area contributed by atoms with Crippen LogP contribution in [0.1, 0.15) is 39.5 Å². The Morgan fingerprint density at radius 1 is 1.17 bits per heavy atom.